The first kappa shape index (κ1) is 27.7. The van der Waals surface area contributed by atoms with Gasteiger partial charge in [0.1, 0.15) is 23.7 Å². The Morgan fingerprint density at radius 1 is 1.17 bits per heavy atom. The average Bonchev–Trinajstić information content (AvgIpc) is 3.41. The minimum Gasteiger partial charge on any atom is -0.492 e. The summed E-state index contributed by atoms with van der Waals surface area (Å²) in [5.74, 6) is -4.13. The SMILES string of the molecule is CC1(C)CCOc2c(C(=O)NC3CN4C(N)=N[C@@H](CNC(=O)c5ccccc5F)[C@@H]5[NH+]=C(N)N[C@@]54C3(O)O)cccc21. The molecule has 4 aliphatic rings. The first-order valence-corrected chi connectivity index (χ1v) is 13.7. The molecule has 4 aliphatic heterocycles. The molecule has 4 heterocycles. The fourth-order valence-electron chi connectivity index (χ4n) is 6.46. The second kappa shape index (κ2) is 9.56. The van der Waals surface area contributed by atoms with E-state index in [-0.39, 0.29) is 41.6 Å². The molecule has 0 bridgehead atoms. The molecular weight excluding hydrogens is 547 g/mol. The standard InChI is InChI=1S/C28H33FN8O5/c1-26(2)10-11-42-20-15(7-5-8-16(20)26)23(39)34-19-13-37-25(31)33-18(12-32-22(38)14-6-3-4-9-17(14)29)21-27(37,28(19,40)41)36-24(30)35-21/h3-9,18-19,21,40-41H,10-13H2,1-2H3,(H2,31,33)(H,32,38)(H,34,39)(H3,30,35,36)/p+1/t18-,19?,21-,27-/m0/s1. The van der Waals surface area contributed by atoms with Crippen LogP contribution in [0.1, 0.15) is 46.5 Å². The van der Waals surface area contributed by atoms with Crippen molar-refractivity contribution < 1.29 is 33.9 Å². The highest BCUT2D eigenvalue weighted by Gasteiger charge is 2.76. The van der Waals surface area contributed by atoms with Gasteiger partial charge in [0.05, 0.1) is 24.3 Å². The lowest BCUT2D eigenvalue weighted by Crippen LogP contribution is -2.90. The van der Waals surface area contributed by atoms with E-state index in [1.54, 1.807) is 12.1 Å². The zero-order chi connectivity index (χ0) is 30.0. The van der Waals surface area contributed by atoms with Crippen LogP contribution in [0.15, 0.2) is 47.5 Å². The highest BCUT2D eigenvalue weighted by Crippen LogP contribution is 2.43. The summed E-state index contributed by atoms with van der Waals surface area (Å²) in [5, 5.41) is 31.7. The lowest BCUT2D eigenvalue weighted by Gasteiger charge is -2.46. The van der Waals surface area contributed by atoms with E-state index in [0.717, 1.165) is 12.0 Å². The smallest absolute Gasteiger partial charge is 0.343 e. The number of aliphatic imine (C=N–C) groups is 1. The number of aliphatic hydroxyl groups is 2. The van der Waals surface area contributed by atoms with Gasteiger partial charge in [-0.3, -0.25) is 25.2 Å². The van der Waals surface area contributed by atoms with Crippen LogP contribution >= 0.6 is 0 Å². The van der Waals surface area contributed by atoms with E-state index in [1.165, 1.54) is 29.2 Å². The normalized spacial score (nSPS) is 28.2. The van der Waals surface area contributed by atoms with E-state index in [1.807, 2.05) is 6.07 Å². The van der Waals surface area contributed by atoms with Gasteiger partial charge in [0.2, 0.25) is 5.79 Å². The van der Waals surface area contributed by atoms with Crippen molar-refractivity contribution in [3.05, 3.63) is 65.0 Å². The number of carbonyl (C=O) groups excluding carboxylic acids is 2. The van der Waals surface area contributed by atoms with Crippen molar-refractivity contribution in [2.75, 3.05) is 19.7 Å². The van der Waals surface area contributed by atoms with Crippen LogP contribution in [0, 0.1) is 5.82 Å². The van der Waals surface area contributed by atoms with Gasteiger partial charge in [-0.05, 0) is 30.0 Å². The van der Waals surface area contributed by atoms with Crippen molar-refractivity contribution in [1.29, 1.82) is 0 Å². The molecule has 6 rings (SSSR count). The number of benzene rings is 2. The summed E-state index contributed by atoms with van der Waals surface area (Å²) in [4.78, 5) is 35.2. The summed E-state index contributed by atoms with van der Waals surface area (Å²) in [7, 11) is 0. The highest BCUT2D eigenvalue weighted by atomic mass is 19.1. The van der Waals surface area contributed by atoms with Gasteiger partial charge in [-0.1, -0.05) is 38.1 Å². The van der Waals surface area contributed by atoms with E-state index in [2.05, 4.69) is 39.8 Å². The second-order valence-corrected chi connectivity index (χ2v) is 11.7. The number of rotatable bonds is 5. The molecule has 42 heavy (non-hydrogen) atoms. The number of hydrogen-bond acceptors (Lipinski definition) is 10. The molecule has 0 aliphatic carbocycles. The first-order valence-electron chi connectivity index (χ1n) is 13.7. The fraction of sp³-hybridized carbons (Fsp3) is 0.429. The van der Waals surface area contributed by atoms with E-state index in [4.69, 9.17) is 16.2 Å². The van der Waals surface area contributed by atoms with Crippen LogP contribution in [0.2, 0.25) is 0 Å². The number of carbonyl (C=O) groups is 2. The predicted octanol–water partition coefficient (Wildman–Crippen LogP) is -2.83. The number of guanidine groups is 2. The molecule has 2 aromatic carbocycles. The Bertz CT molecular complexity index is 1530. The number of ether oxygens (including phenoxy) is 1. The Morgan fingerprint density at radius 2 is 1.90 bits per heavy atom. The number of nitrogens with zero attached hydrogens (tertiary/aromatic N) is 2. The molecule has 0 radical (unpaired) electrons. The molecule has 10 N–H and O–H groups in total. The Morgan fingerprint density at radius 3 is 2.67 bits per heavy atom. The van der Waals surface area contributed by atoms with Crippen LogP contribution in [0.3, 0.4) is 0 Å². The lowest BCUT2D eigenvalue weighted by molar-refractivity contribution is -0.521. The molecule has 4 atom stereocenters. The first-order chi connectivity index (χ1) is 19.9. The van der Waals surface area contributed by atoms with Crippen molar-refractivity contribution >= 4 is 23.7 Å². The highest BCUT2D eigenvalue weighted by molar-refractivity contribution is 5.98. The van der Waals surface area contributed by atoms with Crippen molar-refractivity contribution in [2.24, 2.45) is 16.5 Å². The zero-order valence-electron chi connectivity index (χ0n) is 23.1. The lowest BCUT2D eigenvalue weighted by atomic mass is 9.79. The molecule has 0 aromatic heterocycles. The largest absolute Gasteiger partial charge is 0.492 e. The van der Waals surface area contributed by atoms with Crippen LogP contribution in [-0.4, -0.2) is 88.1 Å². The second-order valence-electron chi connectivity index (χ2n) is 11.7. The van der Waals surface area contributed by atoms with E-state index in [9.17, 15) is 24.2 Å². The Kier molecular flexibility index (Phi) is 6.31. The average molecular weight is 582 g/mol. The predicted molar refractivity (Wildman–Crippen MR) is 149 cm³/mol. The molecule has 222 valence electrons. The van der Waals surface area contributed by atoms with Crippen molar-refractivity contribution in [1.82, 2.24) is 20.9 Å². The molecule has 14 heteroatoms. The monoisotopic (exact) mass is 581 g/mol. The Hall–Kier alpha value is -4.43. The summed E-state index contributed by atoms with van der Waals surface area (Å²) in [6, 6.07) is 7.83. The Labute approximate surface area is 240 Å². The van der Waals surface area contributed by atoms with Gasteiger partial charge in [-0.25, -0.2) is 14.7 Å². The van der Waals surface area contributed by atoms with Crippen LogP contribution in [0.4, 0.5) is 4.39 Å². The van der Waals surface area contributed by atoms with Gasteiger partial charge >= 0.3 is 5.96 Å². The van der Waals surface area contributed by atoms with Gasteiger partial charge < -0.3 is 31.3 Å². The van der Waals surface area contributed by atoms with Crippen molar-refractivity contribution in [3.8, 4) is 5.75 Å². The summed E-state index contributed by atoms with van der Waals surface area (Å²) >= 11 is 0. The van der Waals surface area contributed by atoms with Crippen LogP contribution < -0.4 is 37.1 Å². The minimum absolute atomic E-state index is 0.0209. The topological polar surface area (TPSA) is 202 Å². The van der Waals surface area contributed by atoms with E-state index in [0.29, 0.717) is 12.4 Å². The number of hydrogen-bond donors (Lipinski definition) is 8. The van der Waals surface area contributed by atoms with Crippen LogP contribution in [0.25, 0.3) is 0 Å². The van der Waals surface area contributed by atoms with Crippen molar-refractivity contribution in [2.45, 2.75) is 55.3 Å². The number of nitrogens with two attached hydrogens (primary N) is 2. The number of fused-ring (bicyclic) bond motifs is 1. The van der Waals surface area contributed by atoms with Crippen LogP contribution in [0.5, 0.6) is 5.75 Å². The molecule has 1 saturated heterocycles. The summed E-state index contributed by atoms with van der Waals surface area (Å²) < 4.78 is 20.0. The zero-order valence-corrected chi connectivity index (χ0v) is 23.1. The third-order valence-corrected chi connectivity index (χ3v) is 8.74. The molecular formula is C28H34FN8O5+. The molecule has 13 nitrogen and oxygen atoms in total. The summed E-state index contributed by atoms with van der Waals surface area (Å²) in [6.07, 6.45) is 0.792. The fourth-order valence-corrected chi connectivity index (χ4v) is 6.46. The van der Waals surface area contributed by atoms with Gasteiger partial charge in [-0.2, -0.15) is 0 Å². The maximum absolute atomic E-state index is 14.1. The van der Waals surface area contributed by atoms with Crippen molar-refractivity contribution in [3.63, 3.8) is 0 Å². The third kappa shape index (κ3) is 4.04. The van der Waals surface area contributed by atoms with E-state index < -0.39 is 47.2 Å². The molecule has 2 aromatic rings. The number of nitrogens with one attached hydrogen (secondary N) is 4. The Balaban J connectivity index is 1.27. The van der Waals surface area contributed by atoms with Gasteiger partial charge in [0.15, 0.2) is 12.0 Å². The maximum Gasteiger partial charge on any atom is 0.343 e. The summed E-state index contributed by atoms with van der Waals surface area (Å²) in [5.41, 5.74) is 11.5. The molecule has 1 spiro atoms. The molecule has 0 saturated carbocycles. The molecule has 1 fully saturated rings. The maximum atomic E-state index is 14.1. The van der Waals surface area contributed by atoms with Crippen LogP contribution in [-0.2, 0) is 5.41 Å². The number of para-hydroxylation sites is 1. The quantitative estimate of drug-likeness (QED) is 0.171. The third-order valence-electron chi connectivity index (χ3n) is 8.74. The molecule has 1 unspecified atom stereocenters. The van der Waals surface area contributed by atoms with E-state index >= 15 is 0 Å². The number of amides is 2. The van der Waals surface area contributed by atoms with Gasteiger partial charge in [0.25, 0.3) is 17.5 Å². The number of halogens is 1. The molecule has 2 amide bonds. The van der Waals surface area contributed by atoms with Gasteiger partial charge in [0, 0.05) is 12.1 Å². The van der Waals surface area contributed by atoms with Gasteiger partial charge in [-0.15, -0.1) is 0 Å². The minimum atomic E-state index is -2.63. The summed E-state index contributed by atoms with van der Waals surface area (Å²) in [6.45, 7) is 4.35.